The van der Waals surface area contributed by atoms with Gasteiger partial charge in [-0.25, -0.2) is 5.32 Å². The number of amides is 1. The van der Waals surface area contributed by atoms with Crippen LogP contribution in [-0.2, 0) is 4.79 Å². The molecule has 0 aliphatic heterocycles. The molecule has 4 nitrogen and oxygen atoms in total. The fourth-order valence-corrected chi connectivity index (χ4v) is 2.09. The first-order valence-electron chi connectivity index (χ1n) is 6.95. The summed E-state index contributed by atoms with van der Waals surface area (Å²) >= 11 is 0. The lowest BCUT2D eigenvalue weighted by atomic mass is 10.2. The monoisotopic (exact) mass is 272 g/mol. The molecule has 4 heteroatoms. The number of rotatable bonds is 3. The van der Waals surface area contributed by atoms with Crippen LogP contribution in [-0.4, -0.2) is 30.4 Å². The van der Waals surface area contributed by atoms with Crippen molar-refractivity contribution < 1.29 is 9.37 Å². The third kappa shape index (κ3) is 3.47. The summed E-state index contributed by atoms with van der Waals surface area (Å²) in [5.74, 6) is 1.03. The minimum Gasteiger partial charge on any atom is -0.319 e. The second-order valence-corrected chi connectivity index (χ2v) is 5.23. The summed E-state index contributed by atoms with van der Waals surface area (Å²) in [6.07, 6.45) is 5.00. The third-order valence-corrected chi connectivity index (χ3v) is 3.49. The molecule has 1 amide bonds. The molecule has 0 atom stereocenters. The van der Waals surface area contributed by atoms with Crippen LogP contribution in [0.1, 0.15) is 26.2 Å². The van der Waals surface area contributed by atoms with Crippen LogP contribution in [0.4, 0.5) is 11.4 Å². The summed E-state index contributed by atoms with van der Waals surface area (Å²) in [6.45, 7) is 2.00. The number of nitrogens with one attached hydrogen (secondary N) is 2. The summed E-state index contributed by atoms with van der Waals surface area (Å²) in [7, 11) is 3.96. The zero-order valence-corrected chi connectivity index (χ0v) is 12.4. The Hall–Kier alpha value is -2.10. The fraction of sp³-hybridized carbons (Fsp3) is 0.375. The molecule has 1 aliphatic rings. The molecule has 0 saturated heterocycles. The summed E-state index contributed by atoms with van der Waals surface area (Å²) in [5.41, 5.74) is 2.62. The van der Waals surface area contributed by atoms with Crippen molar-refractivity contribution in [1.82, 2.24) is 0 Å². The van der Waals surface area contributed by atoms with Crippen LogP contribution >= 0.6 is 0 Å². The van der Waals surface area contributed by atoms with Crippen LogP contribution in [0.3, 0.4) is 0 Å². The van der Waals surface area contributed by atoms with Crippen LogP contribution in [0.25, 0.3) is 0 Å². The van der Waals surface area contributed by atoms with E-state index in [0.29, 0.717) is 0 Å². The Balaban J connectivity index is 2.15. The quantitative estimate of drug-likeness (QED) is 0.505. The van der Waals surface area contributed by atoms with E-state index >= 15 is 0 Å². The van der Waals surface area contributed by atoms with Crippen molar-refractivity contribution in [2.45, 2.75) is 26.2 Å². The van der Waals surface area contributed by atoms with Crippen molar-refractivity contribution in [3.8, 4) is 0 Å². The van der Waals surface area contributed by atoms with Gasteiger partial charge in [-0.15, -0.1) is 0 Å². The van der Waals surface area contributed by atoms with Crippen molar-refractivity contribution in [2.75, 3.05) is 24.7 Å². The molecule has 1 aromatic rings. The maximum Gasteiger partial charge on any atom is 0.251 e. The summed E-state index contributed by atoms with van der Waals surface area (Å²) in [5, 5.41) is 6.31. The van der Waals surface area contributed by atoms with Crippen LogP contribution in [0.5, 0.6) is 0 Å². The van der Waals surface area contributed by atoms with E-state index in [-0.39, 0.29) is 5.91 Å². The molecule has 2 N–H and O–H groups in total. The number of allylic oxidation sites excluding steroid dienone is 1. The third-order valence-electron chi connectivity index (χ3n) is 3.49. The Morgan fingerprint density at radius 3 is 2.35 bits per heavy atom. The van der Waals surface area contributed by atoms with Crippen molar-refractivity contribution in [2.24, 2.45) is 0 Å². The first-order chi connectivity index (χ1) is 9.58. The minimum absolute atomic E-state index is 0.0132. The van der Waals surface area contributed by atoms with E-state index in [4.69, 9.17) is 0 Å². The molecular weight excluding hydrogens is 250 g/mol. The average molecular weight is 272 g/mol. The summed E-state index contributed by atoms with van der Waals surface area (Å²) < 4.78 is 2.00. The summed E-state index contributed by atoms with van der Waals surface area (Å²) in [6, 6.07) is 7.76. The van der Waals surface area contributed by atoms with Gasteiger partial charge in [0.2, 0.25) is 5.84 Å². The van der Waals surface area contributed by atoms with E-state index in [1.165, 1.54) is 0 Å². The number of benzene rings is 1. The number of nitrogens with zero attached hydrogens (tertiary/aromatic N) is 1. The van der Waals surface area contributed by atoms with Gasteiger partial charge in [0.25, 0.3) is 5.91 Å². The van der Waals surface area contributed by atoms with Gasteiger partial charge in [-0.1, -0.05) is 18.2 Å². The van der Waals surface area contributed by atoms with E-state index in [2.05, 4.69) is 10.6 Å². The molecule has 20 heavy (non-hydrogen) atoms. The lowest BCUT2D eigenvalue weighted by Crippen LogP contribution is -2.20. The SMILES string of the molecule is CC(Nc1ccccc1NC(=O)C1=CCCC1)=[N+](C)C. The standard InChI is InChI=1S/C16H21N3O/c1-12(19(2)3)17-14-10-6-7-11-15(14)18-16(20)13-8-4-5-9-13/h6-8,10-11H,4-5,9H2,1-3H3,(H,18,20)/p+1. The van der Waals surface area contributed by atoms with Crippen molar-refractivity contribution in [3.05, 3.63) is 35.9 Å². The van der Waals surface area contributed by atoms with E-state index in [1.807, 2.05) is 55.9 Å². The lowest BCUT2D eigenvalue weighted by Gasteiger charge is -2.10. The van der Waals surface area contributed by atoms with Gasteiger partial charge in [0.05, 0.1) is 19.8 Å². The van der Waals surface area contributed by atoms with Gasteiger partial charge in [0, 0.05) is 12.5 Å². The van der Waals surface area contributed by atoms with Crippen molar-refractivity contribution >= 4 is 23.1 Å². The van der Waals surface area contributed by atoms with Crippen LogP contribution < -0.4 is 10.6 Å². The van der Waals surface area contributed by atoms with Gasteiger partial charge < -0.3 is 5.32 Å². The number of hydrogen-bond acceptors (Lipinski definition) is 1. The van der Waals surface area contributed by atoms with Gasteiger partial charge >= 0.3 is 0 Å². The van der Waals surface area contributed by atoms with Gasteiger partial charge in [-0.05, 0) is 31.4 Å². The van der Waals surface area contributed by atoms with E-state index < -0.39 is 0 Å². The van der Waals surface area contributed by atoms with E-state index in [1.54, 1.807) is 0 Å². The second-order valence-electron chi connectivity index (χ2n) is 5.23. The smallest absolute Gasteiger partial charge is 0.251 e. The predicted molar refractivity (Wildman–Crippen MR) is 83.4 cm³/mol. The molecule has 106 valence electrons. The highest BCUT2D eigenvalue weighted by atomic mass is 16.1. The Kier molecular flexibility index (Phi) is 4.56. The van der Waals surface area contributed by atoms with Crippen molar-refractivity contribution in [3.63, 3.8) is 0 Å². The maximum absolute atomic E-state index is 12.2. The molecule has 1 aliphatic carbocycles. The number of carbonyl (C=O) groups excluding carboxylic acids is 1. The largest absolute Gasteiger partial charge is 0.319 e. The zero-order valence-electron chi connectivity index (χ0n) is 12.4. The lowest BCUT2D eigenvalue weighted by molar-refractivity contribution is -0.464. The molecule has 0 unspecified atom stereocenters. The maximum atomic E-state index is 12.2. The molecule has 0 radical (unpaired) electrons. The normalized spacial score (nSPS) is 13.7. The summed E-state index contributed by atoms with van der Waals surface area (Å²) in [4.78, 5) is 12.2. The minimum atomic E-state index is 0.0132. The number of para-hydroxylation sites is 2. The average Bonchev–Trinajstić information content (AvgIpc) is 2.94. The molecule has 0 bridgehead atoms. The zero-order chi connectivity index (χ0) is 14.5. The highest BCUT2D eigenvalue weighted by Crippen LogP contribution is 2.24. The Bertz CT molecular complexity index is 569. The van der Waals surface area contributed by atoms with E-state index in [0.717, 1.165) is 42.0 Å². The first-order valence-corrected chi connectivity index (χ1v) is 6.95. The molecule has 0 spiro atoms. The predicted octanol–water partition coefficient (Wildman–Crippen LogP) is 2.84. The molecule has 0 fully saturated rings. The number of carbonyl (C=O) groups is 1. The molecule has 0 saturated carbocycles. The number of hydrogen-bond donors (Lipinski definition) is 2. The Morgan fingerprint density at radius 2 is 1.80 bits per heavy atom. The van der Waals surface area contributed by atoms with Crippen molar-refractivity contribution in [1.29, 1.82) is 0 Å². The topological polar surface area (TPSA) is 44.1 Å². The second kappa shape index (κ2) is 6.37. The molecule has 0 aromatic heterocycles. The number of amidine groups is 1. The molecule has 0 heterocycles. The van der Waals surface area contributed by atoms with Crippen LogP contribution in [0, 0.1) is 0 Å². The van der Waals surface area contributed by atoms with Gasteiger partial charge in [0.1, 0.15) is 5.69 Å². The van der Waals surface area contributed by atoms with Crippen LogP contribution in [0.2, 0.25) is 0 Å². The molecule has 2 rings (SSSR count). The highest BCUT2D eigenvalue weighted by molar-refractivity contribution is 6.06. The Labute approximate surface area is 120 Å². The Morgan fingerprint density at radius 1 is 1.15 bits per heavy atom. The first kappa shape index (κ1) is 14.3. The number of anilines is 2. The van der Waals surface area contributed by atoms with Crippen LogP contribution in [0.15, 0.2) is 35.9 Å². The highest BCUT2D eigenvalue weighted by Gasteiger charge is 2.16. The van der Waals surface area contributed by atoms with Gasteiger partial charge in [0.15, 0.2) is 0 Å². The van der Waals surface area contributed by atoms with Gasteiger partial charge in [-0.3, -0.25) is 9.37 Å². The fourth-order valence-electron chi connectivity index (χ4n) is 2.09. The molecular formula is C16H22N3O+. The van der Waals surface area contributed by atoms with Gasteiger partial charge in [-0.2, -0.15) is 0 Å². The molecule has 1 aromatic carbocycles. The van der Waals surface area contributed by atoms with E-state index in [9.17, 15) is 4.79 Å².